The summed E-state index contributed by atoms with van der Waals surface area (Å²) in [6.45, 7) is -0.0549. The minimum atomic E-state index is -0.609. The van der Waals surface area contributed by atoms with Crippen LogP contribution in [0.25, 0.3) is 11.0 Å². The Kier molecular flexibility index (Phi) is 2.79. The number of ketones is 1. The van der Waals surface area contributed by atoms with Gasteiger partial charge in [0, 0.05) is 5.39 Å². The third-order valence-electron chi connectivity index (χ3n) is 2.83. The molecular formula is C13H9N3O4. The maximum absolute atomic E-state index is 12.1. The first kappa shape index (κ1) is 12.1. The zero-order valence-electron chi connectivity index (χ0n) is 10.2. The Morgan fingerprint density at radius 2 is 2.20 bits per heavy atom. The van der Waals surface area contributed by atoms with Crippen molar-refractivity contribution in [3.63, 3.8) is 0 Å². The van der Waals surface area contributed by atoms with E-state index in [2.05, 4.69) is 4.98 Å². The number of furan rings is 1. The number of hydrogen-bond acceptors (Lipinski definition) is 5. The Morgan fingerprint density at radius 1 is 1.40 bits per heavy atom. The largest absolute Gasteiger partial charge is 0.453 e. The van der Waals surface area contributed by atoms with Crippen molar-refractivity contribution in [2.24, 2.45) is 0 Å². The van der Waals surface area contributed by atoms with E-state index in [1.807, 2.05) is 18.2 Å². The Bertz CT molecular complexity index is 770. The molecule has 100 valence electrons. The molecule has 2 aromatic heterocycles. The summed E-state index contributed by atoms with van der Waals surface area (Å²) in [5.41, 5.74) is 0.632. The van der Waals surface area contributed by atoms with E-state index in [-0.39, 0.29) is 23.9 Å². The summed E-state index contributed by atoms with van der Waals surface area (Å²) >= 11 is 0. The van der Waals surface area contributed by atoms with Gasteiger partial charge in [-0.1, -0.05) is 18.2 Å². The highest BCUT2D eigenvalue weighted by Crippen LogP contribution is 2.19. The van der Waals surface area contributed by atoms with E-state index >= 15 is 0 Å². The van der Waals surface area contributed by atoms with Crippen LogP contribution in [-0.4, -0.2) is 20.3 Å². The number of benzene rings is 1. The van der Waals surface area contributed by atoms with Crippen LogP contribution >= 0.6 is 0 Å². The molecule has 0 aliphatic heterocycles. The Labute approximate surface area is 112 Å². The molecule has 3 rings (SSSR count). The fourth-order valence-electron chi connectivity index (χ4n) is 1.89. The topological polar surface area (TPSA) is 91.2 Å². The number of carbonyl (C=O) groups is 1. The lowest BCUT2D eigenvalue weighted by Crippen LogP contribution is -2.07. The first-order chi connectivity index (χ1) is 9.63. The number of hydrogen-bond donors (Lipinski definition) is 0. The van der Waals surface area contributed by atoms with Crippen LogP contribution in [0.4, 0.5) is 5.82 Å². The molecule has 0 N–H and O–H groups in total. The molecule has 0 bridgehead atoms. The summed E-state index contributed by atoms with van der Waals surface area (Å²) in [5.74, 6) is -0.335. The average Bonchev–Trinajstić information content (AvgIpc) is 3.04. The van der Waals surface area contributed by atoms with Gasteiger partial charge in [-0.3, -0.25) is 4.79 Å². The number of rotatable bonds is 4. The van der Waals surface area contributed by atoms with Crippen LogP contribution in [0, 0.1) is 10.1 Å². The molecule has 7 nitrogen and oxygen atoms in total. The first-order valence-corrected chi connectivity index (χ1v) is 5.81. The second kappa shape index (κ2) is 4.61. The molecule has 1 aromatic carbocycles. The highest BCUT2D eigenvalue weighted by atomic mass is 16.6. The molecule has 0 spiro atoms. The van der Waals surface area contributed by atoms with Gasteiger partial charge in [-0.15, -0.1) is 0 Å². The monoisotopic (exact) mass is 271 g/mol. The lowest BCUT2D eigenvalue weighted by molar-refractivity contribution is -0.389. The van der Waals surface area contributed by atoms with E-state index in [4.69, 9.17) is 4.42 Å². The molecular weight excluding hydrogens is 262 g/mol. The molecule has 0 unspecified atom stereocenters. The molecule has 0 saturated heterocycles. The molecule has 0 aliphatic rings. The average molecular weight is 271 g/mol. The fourth-order valence-corrected chi connectivity index (χ4v) is 1.89. The number of Topliss-reactive ketones (excluding diaryl/α,β-unsaturated/α-hetero) is 1. The Hall–Kier alpha value is -2.96. The number of fused-ring (bicyclic) bond motifs is 1. The van der Waals surface area contributed by atoms with Crippen LogP contribution in [-0.2, 0) is 6.54 Å². The second-order valence-corrected chi connectivity index (χ2v) is 4.23. The zero-order chi connectivity index (χ0) is 14.1. The third-order valence-corrected chi connectivity index (χ3v) is 2.83. The van der Waals surface area contributed by atoms with E-state index in [1.54, 1.807) is 12.1 Å². The van der Waals surface area contributed by atoms with Crippen LogP contribution in [0.15, 0.2) is 47.3 Å². The van der Waals surface area contributed by atoms with Gasteiger partial charge in [0.05, 0.1) is 6.54 Å². The van der Waals surface area contributed by atoms with Crippen LogP contribution in [0.3, 0.4) is 0 Å². The lowest BCUT2D eigenvalue weighted by atomic mass is 10.2. The van der Waals surface area contributed by atoms with Crippen molar-refractivity contribution in [3.8, 4) is 0 Å². The number of aromatic nitrogens is 2. The number of para-hydroxylation sites is 1. The highest BCUT2D eigenvalue weighted by Gasteiger charge is 2.16. The number of nitro groups is 1. The van der Waals surface area contributed by atoms with Crippen molar-refractivity contribution >= 4 is 22.6 Å². The minimum Gasteiger partial charge on any atom is -0.453 e. The molecule has 0 aliphatic carbocycles. The predicted octanol–water partition coefficient (Wildman–Crippen LogP) is 2.42. The van der Waals surface area contributed by atoms with Gasteiger partial charge in [0.25, 0.3) is 0 Å². The quantitative estimate of drug-likeness (QED) is 0.413. The number of nitrogens with zero attached hydrogens (tertiary/aromatic N) is 3. The maximum atomic E-state index is 12.1. The SMILES string of the molecule is O=C(Cn1cnc([N+](=O)[O-])c1)c1cc2ccccc2o1. The van der Waals surface area contributed by atoms with E-state index in [0.29, 0.717) is 5.58 Å². The summed E-state index contributed by atoms with van der Waals surface area (Å²) in [6, 6.07) is 8.94. The van der Waals surface area contributed by atoms with Crippen molar-refractivity contribution in [1.29, 1.82) is 0 Å². The summed E-state index contributed by atoms with van der Waals surface area (Å²) in [6.07, 6.45) is 2.46. The maximum Gasteiger partial charge on any atom is 0.381 e. The molecule has 20 heavy (non-hydrogen) atoms. The summed E-state index contributed by atoms with van der Waals surface area (Å²) < 4.78 is 6.79. The molecule has 0 radical (unpaired) electrons. The molecule has 0 fully saturated rings. The smallest absolute Gasteiger partial charge is 0.381 e. The van der Waals surface area contributed by atoms with Crippen LogP contribution < -0.4 is 0 Å². The van der Waals surface area contributed by atoms with Gasteiger partial charge in [0.15, 0.2) is 5.76 Å². The fraction of sp³-hybridized carbons (Fsp3) is 0.0769. The number of carbonyl (C=O) groups excluding carboxylic acids is 1. The Morgan fingerprint density at radius 3 is 2.90 bits per heavy atom. The van der Waals surface area contributed by atoms with Gasteiger partial charge in [-0.05, 0) is 22.0 Å². The number of imidazole rings is 1. The third kappa shape index (κ3) is 2.16. The normalized spacial score (nSPS) is 10.8. The van der Waals surface area contributed by atoms with Gasteiger partial charge in [0.1, 0.15) is 11.8 Å². The summed E-state index contributed by atoms with van der Waals surface area (Å²) in [7, 11) is 0. The first-order valence-electron chi connectivity index (χ1n) is 5.81. The van der Waals surface area contributed by atoms with Gasteiger partial charge in [-0.2, -0.15) is 0 Å². The van der Waals surface area contributed by atoms with Gasteiger partial charge < -0.3 is 19.1 Å². The van der Waals surface area contributed by atoms with E-state index in [9.17, 15) is 14.9 Å². The van der Waals surface area contributed by atoms with Gasteiger partial charge in [0.2, 0.25) is 12.1 Å². The molecule has 0 amide bonds. The molecule has 2 heterocycles. The molecule has 3 aromatic rings. The molecule has 0 atom stereocenters. The highest BCUT2D eigenvalue weighted by molar-refractivity contribution is 5.97. The van der Waals surface area contributed by atoms with Crippen molar-refractivity contribution < 1.29 is 14.1 Å². The molecule has 7 heteroatoms. The second-order valence-electron chi connectivity index (χ2n) is 4.23. The van der Waals surface area contributed by atoms with Crippen LogP contribution in [0.2, 0.25) is 0 Å². The summed E-state index contributed by atoms with van der Waals surface area (Å²) in [4.78, 5) is 25.5. The van der Waals surface area contributed by atoms with Crippen LogP contribution in [0.5, 0.6) is 0 Å². The van der Waals surface area contributed by atoms with Crippen molar-refractivity contribution in [2.75, 3.05) is 0 Å². The van der Waals surface area contributed by atoms with Gasteiger partial charge in [-0.25, -0.2) is 0 Å². The molecule has 0 saturated carbocycles. The minimum absolute atomic E-state index is 0.0549. The van der Waals surface area contributed by atoms with Gasteiger partial charge >= 0.3 is 5.82 Å². The van der Waals surface area contributed by atoms with E-state index in [0.717, 1.165) is 5.39 Å². The van der Waals surface area contributed by atoms with E-state index in [1.165, 1.54) is 17.1 Å². The lowest BCUT2D eigenvalue weighted by Gasteiger charge is -1.96. The van der Waals surface area contributed by atoms with Crippen molar-refractivity contribution in [2.45, 2.75) is 6.54 Å². The van der Waals surface area contributed by atoms with Crippen molar-refractivity contribution in [3.05, 3.63) is 58.7 Å². The summed E-state index contributed by atoms with van der Waals surface area (Å²) in [5, 5.41) is 11.4. The van der Waals surface area contributed by atoms with Crippen LogP contribution in [0.1, 0.15) is 10.6 Å². The Balaban J connectivity index is 1.83. The van der Waals surface area contributed by atoms with Crippen molar-refractivity contribution in [1.82, 2.24) is 9.55 Å². The zero-order valence-corrected chi connectivity index (χ0v) is 10.2. The standard InChI is InChI=1S/C13H9N3O4/c17-10(6-15-7-13(14-8-15)16(18)19)12-5-9-3-1-2-4-11(9)20-12/h1-5,7-8H,6H2. The predicted molar refractivity (Wildman–Crippen MR) is 69.4 cm³/mol. The van der Waals surface area contributed by atoms with E-state index < -0.39 is 4.92 Å².